The van der Waals surface area contributed by atoms with E-state index in [1.54, 1.807) is 18.1 Å². The van der Waals surface area contributed by atoms with Crippen molar-refractivity contribution in [2.24, 2.45) is 5.92 Å². The molecule has 34 heavy (non-hydrogen) atoms. The van der Waals surface area contributed by atoms with Gasteiger partial charge in [0.15, 0.2) is 0 Å². The number of carbonyl (C=O) groups excluding carboxylic acids is 2. The second-order valence-electron chi connectivity index (χ2n) is 8.90. The number of anilines is 2. The molecule has 3 amide bonds. The number of benzene rings is 3. The summed E-state index contributed by atoms with van der Waals surface area (Å²) in [6.45, 7) is 4.98. The molecular weight excluding hydrogens is 426 g/mol. The molecule has 0 saturated carbocycles. The van der Waals surface area contributed by atoms with Crippen LogP contribution in [0.4, 0.5) is 16.2 Å². The second kappa shape index (κ2) is 10.4. The van der Waals surface area contributed by atoms with E-state index in [0.717, 1.165) is 16.8 Å². The number of hydrogen-bond donors (Lipinski definition) is 2. The third-order valence-corrected chi connectivity index (χ3v) is 6.48. The fraction of sp³-hybridized carbons (Fsp3) is 0.286. The lowest BCUT2D eigenvalue weighted by atomic mass is 9.84. The highest BCUT2D eigenvalue weighted by Gasteiger charge is 2.34. The van der Waals surface area contributed by atoms with Crippen molar-refractivity contribution in [2.45, 2.75) is 26.2 Å². The zero-order chi connectivity index (χ0) is 24.1. The average molecular weight is 458 g/mol. The summed E-state index contributed by atoms with van der Waals surface area (Å²) < 4.78 is 5.27. The molecule has 1 aliphatic heterocycles. The van der Waals surface area contributed by atoms with Crippen molar-refractivity contribution in [3.8, 4) is 5.75 Å². The lowest BCUT2D eigenvalue weighted by Gasteiger charge is -2.37. The van der Waals surface area contributed by atoms with Crippen LogP contribution in [-0.2, 0) is 4.79 Å². The highest BCUT2D eigenvalue weighted by Crippen LogP contribution is 2.32. The van der Waals surface area contributed by atoms with Crippen molar-refractivity contribution in [3.05, 3.63) is 89.5 Å². The molecule has 0 aromatic heterocycles. The number of nitrogens with zero attached hydrogens (tertiary/aromatic N) is 1. The van der Waals surface area contributed by atoms with Gasteiger partial charge in [-0.15, -0.1) is 0 Å². The van der Waals surface area contributed by atoms with Crippen molar-refractivity contribution in [3.63, 3.8) is 0 Å². The van der Waals surface area contributed by atoms with Gasteiger partial charge in [0.05, 0.1) is 13.0 Å². The maximum Gasteiger partial charge on any atom is 0.321 e. The van der Waals surface area contributed by atoms with Gasteiger partial charge in [-0.3, -0.25) is 4.79 Å². The Kier molecular flexibility index (Phi) is 7.16. The number of amides is 3. The van der Waals surface area contributed by atoms with Crippen LogP contribution >= 0.6 is 0 Å². The van der Waals surface area contributed by atoms with E-state index in [4.69, 9.17) is 4.74 Å². The molecule has 1 heterocycles. The van der Waals surface area contributed by atoms with Gasteiger partial charge in [-0.05, 0) is 61.2 Å². The first-order chi connectivity index (χ1) is 16.4. The molecule has 1 fully saturated rings. The van der Waals surface area contributed by atoms with E-state index in [1.807, 2.05) is 68.4 Å². The summed E-state index contributed by atoms with van der Waals surface area (Å²) in [5.74, 6) is 0.313. The van der Waals surface area contributed by atoms with Crippen LogP contribution in [0.2, 0.25) is 0 Å². The van der Waals surface area contributed by atoms with Crippen LogP contribution in [0, 0.1) is 19.8 Å². The molecule has 0 radical (unpaired) electrons. The van der Waals surface area contributed by atoms with Crippen LogP contribution in [0.25, 0.3) is 0 Å². The van der Waals surface area contributed by atoms with E-state index in [-0.39, 0.29) is 23.8 Å². The molecule has 1 aliphatic rings. The summed E-state index contributed by atoms with van der Waals surface area (Å²) in [7, 11) is 1.60. The standard InChI is InChI=1S/C28H31N3O3/c1-19-12-13-25(14-20(19)2)30-28(33)31-17-22(21-8-5-4-6-9-21)15-23(18-31)27(32)29-24-10-7-11-26(16-24)34-3/h4-14,16,22-23H,15,17-18H2,1-3H3,(H,29,32)(H,30,33). The highest BCUT2D eigenvalue weighted by molar-refractivity contribution is 5.94. The number of methoxy groups -OCH3 is 1. The minimum Gasteiger partial charge on any atom is -0.497 e. The first kappa shape index (κ1) is 23.4. The lowest BCUT2D eigenvalue weighted by molar-refractivity contribution is -0.121. The molecule has 2 unspecified atom stereocenters. The third-order valence-electron chi connectivity index (χ3n) is 6.48. The molecule has 2 N–H and O–H groups in total. The van der Waals surface area contributed by atoms with Crippen molar-refractivity contribution < 1.29 is 14.3 Å². The van der Waals surface area contributed by atoms with Gasteiger partial charge in [-0.25, -0.2) is 4.79 Å². The van der Waals surface area contributed by atoms with Crippen LogP contribution < -0.4 is 15.4 Å². The van der Waals surface area contributed by atoms with Crippen LogP contribution in [0.3, 0.4) is 0 Å². The van der Waals surface area contributed by atoms with Gasteiger partial charge in [0.2, 0.25) is 5.91 Å². The van der Waals surface area contributed by atoms with Gasteiger partial charge in [-0.2, -0.15) is 0 Å². The maximum atomic E-state index is 13.2. The first-order valence-corrected chi connectivity index (χ1v) is 11.6. The topological polar surface area (TPSA) is 70.7 Å². The van der Waals surface area contributed by atoms with Crippen LogP contribution in [0.1, 0.15) is 29.0 Å². The number of piperidine rings is 1. The van der Waals surface area contributed by atoms with Crippen molar-refractivity contribution in [1.29, 1.82) is 0 Å². The van der Waals surface area contributed by atoms with Gasteiger partial charge < -0.3 is 20.3 Å². The number of urea groups is 1. The molecule has 3 aromatic carbocycles. The molecule has 6 nitrogen and oxygen atoms in total. The quantitative estimate of drug-likeness (QED) is 0.525. The number of rotatable bonds is 5. The fourth-order valence-corrected chi connectivity index (χ4v) is 4.39. The number of carbonyl (C=O) groups is 2. The molecule has 6 heteroatoms. The average Bonchev–Trinajstić information content (AvgIpc) is 2.86. The molecule has 0 aliphatic carbocycles. The van der Waals surface area contributed by atoms with Gasteiger partial charge in [-0.1, -0.05) is 42.5 Å². The number of likely N-dealkylation sites (tertiary alicyclic amines) is 1. The van der Waals surface area contributed by atoms with Gasteiger partial charge in [0.1, 0.15) is 5.75 Å². The normalized spacial score (nSPS) is 17.7. The number of aryl methyl sites for hydroxylation is 2. The molecule has 4 rings (SSSR count). The molecule has 176 valence electrons. The van der Waals surface area contributed by atoms with E-state index in [0.29, 0.717) is 30.9 Å². The van der Waals surface area contributed by atoms with E-state index in [2.05, 4.69) is 22.8 Å². The number of hydrogen-bond acceptors (Lipinski definition) is 3. The Labute approximate surface area is 200 Å². The van der Waals surface area contributed by atoms with E-state index < -0.39 is 0 Å². The van der Waals surface area contributed by atoms with Gasteiger partial charge >= 0.3 is 6.03 Å². The van der Waals surface area contributed by atoms with E-state index >= 15 is 0 Å². The summed E-state index contributed by atoms with van der Waals surface area (Å²) in [6, 6.07) is 23.1. The Hall–Kier alpha value is -3.80. The van der Waals surface area contributed by atoms with Gasteiger partial charge in [0.25, 0.3) is 0 Å². The SMILES string of the molecule is COc1cccc(NC(=O)C2CC(c3ccccc3)CN(C(=O)Nc3ccc(C)c(C)c3)C2)c1. The predicted molar refractivity (Wildman–Crippen MR) is 135 cm³/mol. The zero-order valence-corrected chi connectivity index (χ0v) is 19.9. The molecule has 0 spiro atoms. The monoisotopic (exact) mass is 457 g/mol. The highest BCUT2D eigenvalue weighted by atomic mass is 16.5. The van der Waals surface area contributed by atoms with Crippen LogP contribution in [0.5, 0.6) is 5.75 Å². The molecular formula is C28H31N3O3. The number of ether oxygens (including phenoxy) is 1. The van der Waals surface area contributed by atoms with E-state index in [9.17, 15) is 9.59 Å². The Morgan fingerprint density at radius 3 is 2.35 bits per heavy atom. The lowest BCUT2D eigenvalue weighted by Crippen LogP contribution is -2.48. The smallest absolute Gasteiger partial charge is 0.321 e. The molecule has 2 atom stereocenters. The summed E-state index contributed by atoms with van der Waals surface area (Å²) in [6.07, 6.45) is 0.674. The van der Waals surface area contributed by atoms with Crippen molar-refractivity contribution in [1.82, 2.24) is 4.90 Å². The Balaban J connectivity index is 1.53. The zero-order valence-electron chi connectivity index (χ0n) is 19.9. The van der Waals surface area contributed by atoms with Crippen LogP contribution in [-0.4, -0.2) is 37.0 Å². The van der Waals surface area contributed by atoms with Crippen molar-refractivity contribution in [2.75, 3.05) is 30.8 Å². The summed E-state index contributed by atoms with van der Waals surface area (Å²) in [5, 5.41) is 6.02. The Bertz CT molecular complexity index is 1160. The fourth-order valence-electron chi connectivity index (χ4n) is 4.39. The second-order valence-corrected chi connectivity index (χ2v) is 8.90. The van der Waals surface area contributed by atoms with E-state index in [1.165, 1.54) is 5.56 Å². The Morgan fingerprint density at radius 2 is 1.62 bits per heavy atom. The van der Waals surface area contributed by atoms with Gasteiger partial charge in [0, 0.05) is 36.4 Å². The number of nitrogens with one attached hydrogen (secondary N) is 2. The maximum absolute atomic E-state index is 13.2. The molecule has 3 aromatic rings. The van der Waals surface area contributed by atoms with Crippen molar-refractivity contribution >= 4 is 23.3 Å². The largest absolute Gasteiger partial charge is 0.497 e. The Morgan fingerprint density at radius 1 is 0.853 bits per heavy atom. The summed E-state index contributed by atoms with van der Waals surface area (Å²) in [5.41, 5.74) is 4.86. The molecule has 0 bridgehead atoms. The molecule has 1 saturated heterocycles. The third kappa shape index (κ3) is 5.57. The van der Waals surface area contributed by atoms with Crippen LogP contribution in [0.15, 0.2) is 72.8 Å². The summed E-state index contributed by atoms with van der Waals surface area (Å²) in [4.78, 5) is 28.2. The minimum atomic E-state index is -0.337. The minimum absolute atomic E-state index is 0.0708. The summed E-state index contributed by atoms with van der Waals surface area (Å²) >= 11 is 0. The predicted octanol–water partition coefficient (Wildman–Crippen LogP) is 5.59. The first-order valence-electron chi connectivity index (χ1n) is 11.6.